The average Bonchev–Trinajstić information content (AvgIpc) is 2.91. The van der Waals surface area contributed by atoms with Crippen LogP contribution in [0.15, 0.2) is 72.8 Å². The Bertz CT molecular complexity index is 1700. The van der Waals surface area contributed by atoms with Gasteiger partial charge >= 0.3 is 0 Å². The Balaban J connectivity index is 1.63. The lowest BCUT2D eigenvalue weighted by molar-refractivity contribution is 0.332. The van der Waals surface area contributed by atoms with Crippen molar-refractivity contribution in [3.63, 3.8) is 0 Å². The van der Waals surface area contributed by atoms with Gasteiger partial charge in [-0.3, -0.25) is 0 Å². The molecule has 0 unspecified atom stereocenters. The van der Waals surface area contributed by atoms with Gasteiger partial charge < -0.3 is 4.90 Å². The lowest BCUT2D eigenvalue weighted by Gasteiger charge is -2.45. The Morgan fingerprint density at radius 2 is 1.10 bits per heavy atom. The number of nitrogens with zero attached hydrogens (tertiary/aromatic N) is 1. The van der Waals surface area contributed by atoms with Gasteiger partial charge in [0.25, 0.3) is 0 Å². The van der Waals surface area contributed by atoms with Crippen molar-refractivity contribution >= 4 is 28.7 Å². The highest BCUT2D eigenvalue weighted by molar-refractivity contribution is 6.31. The number of benzene rings is 4. The van der Waals surface area contributed by atoms with E-state index in [9.17, 15) is 0 Å². The highest BCUT2D eigenvalue weighted by atomic mass is 35.5. The minimum atomic E-state index is -0.121. The third-order valence-corrected chi connectivity index (χ3v) is 10.8. The van der Waals surface area contributed by atoms with Crippen molar-refractivity contribution < 1.29 is 0 Å². The summed E-state index contributed by atoms with van der Waals surface area (Å²) in [5.74, 6) is 0. The summed E-state index contributed by atoms with van der Waals surface area (Å²) in [5.41, 5.74) is 14.6. The van der Waals surface area contributed by atoms with Gasteiger partial charge in [-0.05, 0) is 118 Å². The lowest BCUT2D eigenvalue weighted by Crippen LogP contribution is -2.36. The average molecular weight is 576 g/mol. The molecule has 218 valence electrons. The van der Waals surface area contributed by atoms with Crippen LogP contribution in [-0.2, 0) is 21.7 Å². The summed E-state index contributed by atoms with van der Waals surface area (Å²) in [5, 5.41) is 0.764. The van der Waals surface area contributed by atoms with E-state index in [1.54, 1.807) is 0 Å². The zero-order chi connectivity index (χ0) is 30.4. The molecule has 2 heteroatoms. The lowest BCUT2D eigenvalue weighted by atomic mass is 9.60. The van der Waals surface area contributed by atoms with Crippen LogP contribution >= 0.6 is 11.6 Å². The molecule has 0 bridgehead atoms. The third kappa shape index (κ3) is 4.43. The van der Waals surface area contributed by atoms with Crippen molar-refractivity contribution in [2.24, 2.45) is 0 Å². The molecular formula is C40H46ClN. The molecule has 1 nitrogen and oxygen atoms in total. The first-order valence-electron chi connectivity index (χ1n) is 15.5. The first-order valence-corrected chi connectivity index (χ1v) is 15.9. The monoisotopic (exact) mass is 575 g/mol. The van der Waals surface area contributed by atoms with E-state index in [1.807, 2.05) is 6.07 Å². The number of hydrogen-bond donors (Lipinski definition) is 0. The molecule has 0 fully saturated rings. The van der Waals surface area contributed by atoms with Gasteiger partial charge in [-0.25, -0.2) is 0 Å². The summed E-state index contributed by atoms with van der Waals surface area (Å²) in [6.45, 7) is 23.5. The van der Waals surface area contributed by atoms with E-state index in [2.05, 4.69) is 141 Å². The number of hydrogen-bond acceptors (Lipinski definition) is 1. The van der Waals surface area contributed by atoms with Crippen molar-refractivity contribution in [3.05, 3.63) is 122 Å². The molecule has 0 amide bonds. The van der Waals surface area contributed by atoms with Crippen molar-refractivity contribution in [2.45, 2.75) is 104 Å². The van der Waals surface area contributed by atoms with E-state index in [-0.39, 0.29) is 21.7 Å². The molecule has 0 heterocycles. The molecule has 0 radical (unpaired) electrons. The number of rotatable bonds is 3. The Hall–Kier alpha value is -3.03. The van der Waals surface area contributed by atoms with Crippen LogP contribution in [0.4, 0.5) is 17.1 Å². The fourth-order valence-corrected chi connectivity index (χ4v) is 8.11. The second-order valence-electron chi connectivity index (χ2n) is 15.3. The van der Waals surface area contributed by atoms with E-state index >= 15 is 0 Å². The summed E-state index contributed by atoms with van der Waals surface area (Å²) < 4.78 is 0. The van der Waals surface area contributed by atoms with Crippen LogP contribution < -0.4 is 4.90 Å². The van der Waals surface area contributed by atoms with Crippen LogP contribution in [0, 0.1) is 13.8 Å². The highest BCUT2D eigenvalue weighted by Gasteiger charge is 2.42. The molecule has 0 saturated carbocycles. The van der Waals surface area contributed by atoms with Crippen LogP contribution in [0.5, 0.6) is 0 Å². The van der Waals surface area contributed by atoms with Crippen molar-refractivity contribution in [3.8, 4) is 0 Å². The quantitative estimate of drug-likeness (QED) is 0.235. The maximum absolute atomic E-state index is 6.73. The SMILES string of the molecule is Cc1cc(Cl)cc(N(c2ccc3c(c2)C(C)(C)c2ccccc2C3(C)C)c2cc3c(cc2C)C(C)(C)CCC3(C)C)c1. The Morgan fingerprint density at radius 3 is 1.69 bits per heavy atom. The predicted molar refractivity (Wildman–Crippen MR) is 182 cm³/mol. The van der Waals surface area contributed by atoms with Crippen LogP contribution in [0.2, 0.25) is 5.02 Å². The van der Waals surface area contributed by atoms with Crippen molar-refractivity contribution in [2.75, 3.05) is 4.90 Å². The molecule has 0 aromatic heterocycles. The third-order valence-electron chi connectivity index (χ3n) is 10.6. The van der Waals surface area contributed by atoms with E-state index in [0.29, 0.717) is 0 Å². The largest absolute Gasteiger partial charge is 0.310 e. The molecular weight excluding hydrogens is 530 g/mol. The zero-order valence-corrected chi connectivity index (χ0v) is 27.9. The van der Waals surface area contributed by atoms with Crippen LogP contribution in [0.3, 0.4) is 0 Å². The molecule has 0 aliphatic heterocycles. The molecule has 0 N–H and O–H groups in total. The fourth-order valence-electron chi connectivity index (χ4n) is 7.82. The molecule has 0 spiro atoms. The van der Waals surface area contributed by atoms with E-state index in [4.69, 9.17) is 11.6 Å². The van der Waals surface area contributed by atoms with Gasteiger partial charge in [0, 0.05) is 32.9 Å². The minimum Gasteiger partial charge on any atom is -0.310 e. The smallest absolute Gasteiger partial charge is 0.0493 e. The number of halogens is 1. The van der Waals surface area contributed by atoms with Crippen molar-refractivity contribution in [1.29, 1.82) is 0 Å². The molecule has 0 atom stereocenters. The second kappa shape index (κ2) is 9.48. The molecule has 42 heavy (non-hydrogen) atoms. The summed E-state index contributed by atoms with van der Waals surface area (Å²) in [4.78, 5) is 2.45. The van der Waals surface area contributed by atoms with Gasteiger partial charge in [-0.15, -0.1) is 0 Å². The molecule has 2 aliphatic carbocycles. The molecule has 0 saturated heterocycles. The summed E-state index contributed by atoms with van der Waals surface area (Å²) in [6.07, 6.45) is 2.40. The van der Waals surface area contributed by atoms with Gasteiger partial charge in [0.2, 0.25) is 0 Å². The Morgan fingerprint density at radius 1 is 0.548 bits per heavy atom. The topological polar surface area (TPSA) is 3.24 Å². The van der Waals surface area contributed by atoms with Gasteiger partial charge in [0.05, 0.1) is 0 Å². The van der Waals surface area contributed by atoms with Gasteiger partial charge in [0.1, 0.15) is 0 Å². The predicted octanol–water partition coefficient (Wildman–Crippen LogP) is 11.7. The standard InChI is InChI=1S/C40H46ClN/c1-25-19-27(41)22-29(20-25)42(36-24-34-33(21-26(36)2)37(3,4)17-18-38(34,5)6)28-15-16-32-35(23-28)40(9,10)31-14-12-11-13-30(31)39(32,7)8/h11-16,19-24H,17-18H2,1-10H3. The minimum absolute atomic E-state index is 0.0746. The maximum atomic E-state index is 6.73. The summed E-state index contributed by atoms with van der Waals surface area (Å²) >= 11 is 6.73. The van der Waals surface area contributed by atoms with Crippen LogP contribution in [0.1, 0.15) is 113 Å². The second-order valence-corrected chi connectivity index (χ2v) is 15.7. The molecule has 4 aromatic carbocycles. The first-order chi connectivity index (χ1) is 19.5. The van der Waals surface area contributed by atoms with Crippen LogP contribution in [0.25, 0.3) is 0 Å². The zero-order valence-electron chi connectivity index (χ0n) is 27.2. The Labute approximate surface area is 258 Å². The van der Waals surface area contributed by atoms with Crippen LogP contribution in [-0.4, -0.2) is 0 Å². The van der Waals surface area contributed by atoms with Gasteiger partial charge in [-0.2, -0.15) is 0 Å². The number of aryl methyl sites for hydroxylation is 2. The van der Waals surface area contributed by atoms with Gasteiger partial charge in [-0.1, -0.05) is 103 Å². The van der Waals surface area contributed by atoms with Crippen molar-refractivity contribution in [1.82, 2.24) is 0 Å². The van der Waals surface area contributed by atoms with E-state index < -0.39 is 0 Å². The fraction of sp³-hybridized carbons (Fsp3) is 0.400. The molecule has 4 aromatic rings. The van der Waals surface area contributed by atoms with E-state index in [1.165, 1.54) is 63.2 Å². The normalized spacial score (nSPS) is 18.9. The number of fused-ring (bicyclic) bond motifs is 3. The summed E-state index contributed by atoms with van der Waals surface area (Å²) in [6, 6.07) is 27.6. The summed E-state index contributed by atoms with van der Waals surface area (Å²) in [7, 11) is 0. The molecule has 6 rings (SSSR count). The first kappa shape index (κ1) is 29.1. The van der Waals surface area contributed by atoms with E-state index in [0.717, 1.165) is 16.3 Å². The number of anilines is 3. The van der Waals surface area contributed by atoms with Gasteiger partial charge in [0.15, 0.2) is 0 Å². The Kier molecular flexibility index (Phi) is 6.56. The highest BCUT2D eigenvalue weighted by Crippen LogP contribution is 2.53. The maximum Gasteiger partial charge on any atom is 0.0493 e. The molecule has 2 aliphatic rings.